The van der Waals surface area contributed by atoms with Gasteiger partial charge < -0.3 is 20.5 Å². The lowest BCUT2D eigenvalue weighted by molar-refractivity contribution is -0.127. The van der Waals surface area contributed by atoms with E-state index in [2.05, 4.69) is 21.7 Å². The zero-order valence-corrected chi connectivity index (χ0v) is 20.0. The molecule has 8 nitrogen and oxygen atoms in total. The molecule has 5 atom stereocenters. The molecule has 2 saturated heterocycles. The number of aromatic amines is 1. The highest BCUT2D eigenvalue weighted by Gasteiger charge is 2.50. The summed E-state index contributed by atoms with van der Waals surface area (Å²) in [6.45, 7) is 1.07. The van der Waals surface area contributed by atoms with Crippen LogP contribution in [0.1, 0.15) is 42.6 Å². The number of H-pyrrole nitrogens is 1. The van der Waals surface area contributed by atoms with E-state index in [-0.39, 0.29) is 41.9 Å². The number of hydrogen-bond acceptors (Lipinski definition) is 4. The van der Waals surface area contributed by atoms with E-state index in [1.165, 1.54) is 0 Å². The minimum Gasteiger partial charge on any atom is -0.356 e. The maximum absolute atomic E-state index is 13.6. The van der Waals surface area contributed by atoms with Crippen molar-refractivity contribution in [3.8, 4) is 6.07 Å². The van der Waals surface area contributed by atoms with Gasteiger partial charge in [0, 0.05) is 24.4 Å². The first-order chi connectivity index (χ1) is 16.4. The summed E-state index contributed by atoms with van der Waals surface area (Å²) in [6.07, 6.45) is 3.76. The Morgan fingerprint density at radius 3 is 2.74 bits per heavy atom. The highest BCUT2D eigenvalue weighted by molar-refractivity contribution is 6.40. The van der Waals surface area contributed by atoms with Crippen molar-refractivity contribution >= 4 is 51.8 Å². The Morgan fingerprint density at radius 2 is 2.03 bits per heavy atom. The molecule has 2 aliphatic heterocycles. The molecule has 1 aliphatic carbocycles. The average molecular weight is 502 g/mol. The summed E-state index contributed by atoms with van der Waals surface area (Å²) in [5.41, 5.74) is 0.902. The lowest BCUT2D eigenvalue weighted by atomic mass is 9.92. The Bertz CT molecular complexity index is 1170. The topological polar surface area (TPSA) is 118 Å². The van der Waals surface area contributed by atoms with Gasteiger partial charge in [0.15, 0.2) is 0 Å². The largest absolute Gasteiger partial charge is 0.356 e. The molecule has 3 N–H and O–H groups in total. The molecule has 5 rings (SSSR count). The number of likely N-dealkylation sites (tertiary alicyclic amines) is 1. The molecule has 3 heterocycles. The summed E-state index contributed by atoms with van der Waals surface area (Å²) in [7, 11) is 0. The summed E-state index contributed by atoms with van der Waals surface area (Å²) >= 11 is 12.6. The normalized spacial score (nSPS) is 26.9. The van der Waals surface area contributed by atoms with Crippen molar-refractivity contribution in [3.05, 3.63) is 33.9 Å². The summed E-state index contributed by atoms with van der Waals surface area (Å²) < 4.78 is 0. The van der Waals surface area contributed by atoms with E-state index in [1.807, 2.05) is 0 Å². The Balaban J connectivity index is 1.38. The third-order valence-corrected chi connectivity index (χ3v) is 8.14. The monoisotopic (exact) mass is 501 g/mol. The minimum absolute atomic E-state index is 0.0506. The highest BCUT2D eigenvalue weighted by atomic mass is 35.5. The number of benzene rings is 1. The van der Waals surface area contributed by atoms with Gasteiger partial charge in [0.2, 0.25) is 11.8 Å². The van der Waals surface area contributed by atoms with E-state index in [0.717, 1.165) is 19.3 Å². The van der Waals surface area contributed by atoms with Crippen LogP contribution in [-0.2, 0) is 9.59 Å². The van der Waals surface area contributed by atoms with Gasteiger partial charge in [-0.1, -0.05) is 29.6 Å². The molecule has 0 bridgehead atoms. The van der Waals surface area contributed by atoms with Crippen LogP contribution in [0.5, 0.6) is 0 Å². The number of nitrogens with one attached hydrogen (secondary N) is 3. The molecule has 0 spiro atoms. The fourth-order valence-corrected chi connectivity index (χ4v) is 6.25. The van der Waals surface area contributed by atoms with Gasteiger partial charge in [0.1, 0.15) is 17.8 Å². The first-order valence-electron chi connectivity index (χ1n) is 11.6. The van der Waals surface area contributed by atoms with Gasteiger partial charge in [-0.15, -0.1) is 0 Å². The van der Waals surface area contributed by atoms with E-state index >= 15 is 0 Å². The van der Waals surface area contributed by atoms with Gasteiger partial charge >= 0.3 is 0 Å². The van der Waals surface area contributed by atoms with Gasteiger partial charge in [-0.05, 0) is 55.7 Å². The van der Waals surface area contributed by atoms with Crippen LogP contribution in [0.15, 0.2) is 18.2 Å². The van der Waals surface area contributed by atoms with Crippen molar-refractivity contribution in [1.29, 1.82) is 5.26 Å². The lowest BCUT2D eigenvalue weighted by Crippen LogP contribution is -2.51. The van der Waals surface area contributed by atoms with Crippen LogP contribution in [0, 0.1) is 29.1 Å². The van der Waals surface area contributed by atoms with Gasteiger partial charge in [-0.3, -0.25) is 14.4 Å². The number of carbonyl (C=O) groups is 3. The number of rotatable bonds is 5. The van der Waals surface area contributed by atoms with E-state index < -0.39 is 12.1 Å². The first kappa shape index (κ1) is 23.0. The highest BCUT2D eigenvalue weighted by Crippen LogP contribution is 2.43. The molecule has 3 aliphatic rings. The van der Waals surface area contributed by atoms with Crippen molar-refractivity contribution in [2.45, 2.75) is 44.2 Å². The van der Waals surface area contributed by atoms with Crippen LogP contribution in [-0.4, -0.2) is 52.8 Å². The lowest BCUT2D eigenvalue weighted by Gasteiger charge is -2.28. The second-order valence-electron chi connectivity index (χ2n) is 9.46. The molecule has 10 heteroatoms. The van der Waals surface area contributed by atoms with Crippen molar-refractivity contribution in [1.82, 2.24) is 20.5 Å². The number of fused-ring (bicyclic) bond motifs is 2. The fourth-order valence-electron chi connectivity index (χ4n) is 5.83. The number of halogens is 2. The Labute approximate surface area is 206 Å². The van der Waals surface area contributed by atoms with E-state index in [0.29, 0.717) is 46.2 Å². The molecule has 34 heavy (non-hydrogen) atoms. The second-order valence-corrected chi connectivity index (χ2v) is 10.3. The number of aromatic nitrogens is 1. The standard InChI is InChI=1S/C24H25Cl2N5O3/c25-17-4-5-18(26)20-16(17)9-19(30-20)24(34)31-11-13-2-1-3-15(13)21(31)23(33)29-14(10-27)8-12-6-7-28-22(12)32/h4-5,9,12-15,21,30H,1-3,6-8,11H2,(H,28,32)(H,29,33). The van der Waals surface area contributed by atoms with Crippen LogP contribution in [0.2, 0.25) is 10.0 Å². The van der Waals surface area contributed by atoms with E-state index in [9.17, 15) is 19.6 Å². The Morgan fingerprint density at radius 1 is 1.24 bits per heavy atom. The smallest absolute Gasteiger partial charge is 0.271 e. The molecular formula is C24H25Cl2N5O3. The summed E-state index contributed by atoms with van der Waals surface area (Å²) in [6, 6.07) is 5.69. The van der Waals surface area contributed by atoms with Crippen molar-refractivity contribution in [3.63, 3.8) is 0 Å². The third-order valence-electron chi connectivity index (χ3n) is 7.50. The van der Waals surface area contributed by atoms with Gasteiger partial charge in [0.25, 0.3) is 5.91 Å². The second kappa shape index (κ2) is 9.12. The molecule has 2 aromatic rings. The number of amides is 3. The number of hydrogen-bond donors (Lipinski definition) is 3. The zero-order chi connectivity index (χ0) is 24.0. The average Bonchev–Trinajstić information content (AvgIpc) is 3.59. The van der Waals surface area contributed by atoms with Gasteiger partial charge in [-0.2, -0.15) is 5.26 Å². The molecular weight excluding hydrogens is 477 g/mol. The molecule has 1 saturated carbocycles. The SMILES string of the molecule is N#CC(CC1CCNC1=O)NC(=O)C1C2CCCC2CN1C(=O)c1cc2c(Cl)ccc(Cl)c2[nH]1. The quantitative estimate of drug-likeness (QED) is 0.582. The van der Waals surface area contributed by atoms with Crippen LogP contribution in [0.3, 0.4) is 0 Å². The molecule has 3 fully saturated rings. The summed E-state index contributed by atoms with van der Waals surface area (Å²) in [5, 5.41) is 16.8. The molecule has 5 unspecified atom stereocenters. The molecule has 1 aromatic heterocycles. The van der Waals surface area contributed by atoms with Crippen molar-refractivity contribution in [2.24, 2.45) is 17.8 Å². The summed E-state index contributed by atoms with van der Waals surface area (Å²) in [4.78, 5) is 43.6. The van der Waals surface area contributed by atoms with Gasteiger partial charge in [-0.25, -0.2) is 0 Å². The van der Waals surface area contributed by atoms with Gasteiger partial charge in [0.05, 0.1) is 21.6 Å². The maximum Gasteiger partial charge on any atom is 0.271 e. The van der Waals surface area contributed by atoms with Crippen molar-refractivity contribution in [2.75, 3.05) is 13.1 Å². The van der Waals surface area contributed by atoms with Crippen molar-refractivity contribution < 1.29 is 14.4 Å². The zero-order valence-electron chi connectivity index (χ0n) is 18.4. The molecule has 3 amide bonds. The Kier molecular flexibility index (Phi) is 6.17. The molecule has 178 valence electrons. The summed E-state index contributed by atoms with van der Waals surface area (Å²) in [5.74, 6) is -0.695. The van der Waals surface area contributed by atoms with Crippen LogP contribution >= 0.6 is 23.2 Å². The number of nitriles is 1. The number of nitrogens with zero attached hydrogens (tertiary/aromatic N) is 2. The van der Waals surface area contributed by atoms with E-state index in [1.54, 1.807) is 23.1 Å². The molecule has 1 aromatic carbocycles. The predicted molar refractivity (Wildman–Crippen MR) is 127 cm³/mol. The maximum atomic E-state index is 13.6. The first-order valence-corrected chi connectivity index (χ1v) is 12.4. The third kappa shape index (κ3) is 4.01. The Hall–Kier alpha value is -2.76. The fraction of sp³-hybridized carbons (Fsp3) is 0.500. The molecule has 0 radical (unpaired) electrons. The van der Waals surface area contributed by atoms with Crippen LogP contribution in [0.4, 0.5) is 0 Å². The van der Waals surface area contributed by atoms with E-state index in [4.69, 9.17) is 23.2 Å². The number of carbonyl (C=O) groups excluding carboxylic acids is 3. The van der Waals surface area contributed by atoms with Crippen LogP contribution in [0.25, 0.3) is 10.9 Å². The minimum atomic E-state index is -0.788. The van der Waals surface area contributed by atoms with Crippen LogP contribution < -0.4 is 10.6 Å². The predicted octanol–water partition coefficient (Wildman–Crippen LogP) is 3.25.